The van der Waals surface area contributed by atoms with Crippen molar-refractivity contribution in [2.45, 2.75) is 20.8 Å². The maximum atomic E-state index is 12.8. The Bertz CT molecular complexity index is 1020. The van der Waals surface area contributed by atoms with Crippen molar-refractivity contribution in [1.82, 2.24) is 14.8 Å². The van der Waals surface area contributed by atoms with Gasteiger partial charge in [0.05, 0.1) is 21.6 Å². The molecule has 2 aromatic heterocycles. The molecule has 0 saturated carbocycles. The van der Waals surface area contributed by atoms with E-state index in [1.165, 1.54) is 6.07 Å². The van der Waals surface area contributed by atoms with Gasteiger partial charge in [-0.1, -0.05) is 6.07 Å². The standard InChI is InChI=1S/C17H17N5O3/c1-9-5-6-12(8-14(9)22(24)25)19-17(23)13-7-10(2)18-16-15(13)11(3)20-21(16)4/h5-8H,1-4H3,(H,19,23). The summed E-state index contributed by atoms with van der Waals surface area (Å²) in [5.41, 5.74) is 3.32. The van der Waals surface area contributed by atoms with Crippen LogP contribution in [0.2, 0.25) is 0 Å². The van der Waals surface area contributed by atoms with Crippen molar-refractivity contribution in [3.63, 3.8) is 0 Å². The van der Waals surface area contributed by atoms with E-state index in [9.17, 15) is 14.9 Å². The van der Waals surface area contributed by atoms with Gasteiger partial charge in [0.25, 0.3) is 11.6 Å². The van der Waals surface area contributed by atoms with Gasteiger partial charge in [-0.15, -0.1) is 0 Å². The summed E-state index contributed by atoms with van der Waals surface area (Å²) in [4.78, 5) is 27.8. The maximum absolute atomic E-state index is 12.8. The minimum Gasteiger partial charge on any atom is -0.322 e. The number of carbonyl (C=O) groups is 1. The molecule has 3 aromatic rings. The van der Waals surface area contributed by atoms with Gasteiger partial charge in [0.1, 0.15) is 0 Å². The number of hydrogen-bond acceptors (Lipinski definition) is 5. The zero-order valence-corrected chi connectivity index (χ0v) is 14.3. The number of hydrogen-bond donors (Lipinski definition) is 1. The van der Waals surface area contributed by atoms with E-state index in [4.69, 9.17) is 0 Å². The Hall–Kier alpha value is -3.29. The molecule has 2 heterocycles. The second kappa shape index (κ2) is 5.97. The molecule has 1 N–H and O–H groups in total. The van der Waals surface area contributed by atoms with Crippen LogP contribution in [0, 0.1) is 30.9 Å². The van der Waals surface area contributed by atoms with Crippen LogP contribution in [0.25, 0.3) is 11.0 Å². The Morgan fingerprint density at radius 2 is 1.96 bits per heavy atom. The van der Waals surface area contributed by atoms with E-state index in [0.29, 0.717) is 39.2 Å². The Morgan fingerprint density at radius 1 is 1.24 bits per heavy atom. The lowest BCUT2D eigenvalue weighted by molar-refractivity contribution is -0.385. The van der Waals surface area contributed by atoms with E-state index in [1.807, 2.05) is 6.92 Å². The third-order valence-corrected chi connectivity index (χ3v) is 4.01. The van der Waals surface area contributed by atoms with Crippen LogP contribution < -0.4 is 5.32 Å². The number of nitrogens with one attached hydrogen (secondary N) is 1. The highest BCUT2D eigenvalue weighted by Crippen LogP contribution is 2.25. The largest absolute Gasteiger partial charge is 0.322 e. The number of rotatable bonds is 3. The lowest BCUT2D eigenvalue weighted by Crippen LogP contribution is -2.13. The average molecular weight is 339 g/mol. The molecule has 1 aromatic carbocycles. The van der Waals surface area contributed by atoms with Crippen molar-refractivity contribution in [3.8, 4) is 0 Å². The monoisotopic (exact) mass is 339 g/mol. The summed E-state index contributed by atoms with van der Waals surface area (Å²) in [6.45, 7) is 5.26. The quantitative estimate of drug-likeness (QED) is 0.583. The minimum absolute atomic E-state index is 0.0357. The summed E-state index contributed by atoms with van der Waals surface area (Å²) in [5, 5.41) is 18.8. The molecular weight excluding hydrogens is 322 g/mol. The fourth-order valence-electron chi connectivity index (χ4n) is 2.83. The van der Waals surface area contributed by atoms with Gasteiger partial charge >= 0.3 is 0 Å². The molecule has 0 aliphatic heterocycles. The lowest BCUT2D eigenvalue weighted by atomic mass is 10.1. The number of nitro benzene ring substituents is 1. The smallest absolute Gasteiger partial charge is 0.274 e. The van der Waals surface area contributed by atoms with Crippen molar-refractivity contribution < 1.29 is 9.72 Å². The topological polar surface area (TPSA) is 103 Å². The first-order chi connectivity index (χ1) is 11.8. The minimum atomic E-state index is -0.467. The van der Waals surface area contributed by atoms with Crippen LogP contribution in [-0.4, -0.2) is 25.6 Å². The number of carbonyl (C=O) groups excluding carboxylic acids is 1. The molecule has 0 radical (unpaired) electrons. The molecule has 0 spiro atoms. The molecule has 0 fully saturated rings. The zero-order chi connectivity index (χ0) is 18.3. The number of amides is 1. The van der Waals surface area contributed by atoms with E-state index in [0.717, 1.165) is 0 Å². The third-order valence-electron chi connectivity index (χ3n) is 4.01. The Balaban J connectivity index is 2.04. The lowest BCUT2D eigenvalue weighted by Gasteiger charge is -2.08. The summed E-state index contributed by atoms with van der Waals surface area (Å²) in [6.07, 6.45) is 0. The fraction of sp³-hybridized carbons (Fsp3) is 0.235. The molecule has 8 nitrogen and oxygen atoms in total. The molecule has 0 saturated heterocycles. The van der Waals surface area contributed by atoms with E-state index < -0.39 is 4.92 Å². The second-order valence-corrected chi connectivity index (χ2v) is 5.93. The van der Waals surface area contributed by atoms with Crippen LogP contribution in [0.4, 0.5) is 11.4 Å². The predicted molar refractivity (Wildman–Crippen MR) is 93.8 cm³/mol. The van der Waals surface area contributed by atoms with Gasteiger partial charge in [0.15, 0.2) is 5.65 Å². The summed E-state index contributed by atoms with van der Waals surface area (Å²) in [7, 11) is 1.77. The molecule has 0 aliphatic carbocycles. The molecule has 3 rings (SSSR count). The van der Waals surface area contributed by atoms with Crippen molar-refractivity contribution in [1.29, 1.82) is 0 Å². The first kappa shape index (κ1) is 16.6. The summed E-state index contributed by atoms with van der Waals surface area (Å²) in [6, 6.07) is 6.29. The summed E-state index contributed by atoms with van der Waals surface area (Å²) < 4.78 is 1.63. The summed E-state index contributed by atoms with van der Waals surface area (Å²) in [5.74, 6) is -0.357. The number of benzene rings is 1. The molecule has 8 heteroatoms. The molecule has 128 valence electrons. The SMILES string of the molecule is Cc1cc(C(=O)Nc2ccc(C)c([N+](=O)[O-])c2)c2c(C)nn(C)c2n1. The Labute approximate surface area is 143 Å². The summed E-state index contributed by atoms with van der Waals surface area (Å²) >= 11 is 0. The molecule has 0 aliphatic rings. The number of anilines is 1. The Kier molecular flexibility index (Phi) is 3.96. The maximum Gasteiger partial charge on any atom is 0.274 e. The van der Waals surface area contributed by atoms with Crippen LogP contribution >= 0.6 is 0 Å². The highest BCUT2D eigenvalue weighted by molar-refractivity contribution is 6.12. The number of nitro groups is 1. The molecule has 25 heavy (non-hydrogen) atoms. The van der Waals surface area contributed by atoms with E-state index in [2.05, 4.69) is 15.4 Å². The number of nitrogens with zero attached hydrogens (tertiary/aromatic N) is 4. The normalized spacial score (nSPS) is 10.9. The van der Waals surface area contributed by atoms with Gasteiger partial charge < -0.3 is 5.32 Å². The highest BCUT2D eigenvalue weighted by atomic mass is 16.6. The first-order valence-corrected chi connectivity index (χ1v) is 7.65. The van der Waals surface area contributed by atoms with Gasteiger partial charge in [0, 0.05) is 30.1 Å². The third kappa shape index (κ3) is 2.93. The fourth-order valence-corrected chi connectivity index (χ4v) is 2.83. The highest BCUT2D eigenvalue weighted by Gasteiger charge is 2.19. The van der Waals surface area contributed by atoms with Gasteiger partial charge in [-0.2, -0.15) is 5.10 Å². The zero-order valence-electron chi connectivity index (χ0n) is 14.3. The van der Waals surface area contributed by atoms with Crippen molar-refractivity contribution in [2.24, 2.45) is 7.05 Å². The number of fused-ring (bicyclic) bond motifs is 1. The first-order valence-electron chi connectivity index (χ1n) is 7.65. The number of aryl methyl sites for hydroxylation is 4. The van der Waals surface area contributed by atoms with Crippen LogP contribution in [0.5, 0.6) is 0 Å². The Morgan fingerprint density at radius 3 is 2.64 bits per heavy atom. The number of aromatic nitrogens is 3. The molecule has 0 bridgehead atoms. The van der Waals surface area contributed by atoms with Gasteiger partial charge in [-0.25, -0.2) is 4.98 Å². The van der Waals surface area contributed by atoms with Crippen molar-refractivity contribution >= 4 is 28.3 Å². The van der Waals surface area contributed by atoms with E-state index in [-0.39, 0.29) is 11.6 Å². The molecule has 0 atom stereocenters. The van der Waals surface area contributed by atoms with Crippen LogP contribution in [0.3, 0.4) is 0 Å². The van der Waals surface area contributed by atoms with Crippen LogP contribution in [0.1, 0.15) is 27.3 Å². The van der Waals surface area contributed by atoms with Crippen molar-refractivity contribution in [3.05, 3.63) is 56.9 Å². The van der Waals surface area contributed by atoms with E-state index in [1.54, 1.807) is 43.8 Å². The molecule has 1 amide bonds. The van der Waals surface area contributed by atoms with Crippen LogP contribution in [-0.2, 0) is 7.05 Å². The molecular formula is C17H17N5O3. The van der Waals surface area contributed by atoms with Gasteiger partial charge in [0.2, 0.25) is 0 Å². The van der Waals surface area contributed by atoms with E-state index >= 15 is 0 Å². The van der Waals surface area contributed by atoms with Crippen molar-refractivity contribution in [2.75, 3.05) is 5.32 Å². The molecule has 0 unspecified atom stereocenters. The number of pyridine rings is 1. The van der Waals surface area contributed by atoms with Crippen LogP contribution in [0.15, 0.2) is 24.3 Å². The van der Waals surface area contributed by atoms with Gasteiger partial charge in [-0.05, 0) is 32.9 Å². The predicted octanol–water partition coefficient (Wildman–Crippen LogP) is 3.05. The van der Waals surface area contributed by atoms with Gasteiger partial charge in [-0.3, -0.25) is 19.6 Å². The second-order valence-electron chi connectivity index (χ2n) is 5.93. The average Bonchev–Trinajstić information content (AvgIpc) is 2.82.